The number of nitrogens with two attached hydrogens (primary N) is 1. The monoisotopic (exact) mass is 432 g/mol. The van der Waals surface area contributed by atoms with Crippen molar-refractivity contribution in [3.05, 3.63) is 0 Å². The predicted octanol–water partition coefficient (Wildman–Crippen LogP) is 2.53. The summed E-state index contributed by atoms with van der Waals surface area (Å²) < 4.78 is 10.3. The summed E-state index contributed by atoms with van der Waals surface area (Å²) in [7, 11) is 0. The van der Waals surface area contributed by atoms with E-state index in [0.717, 1.165) is 38.6 Å². The number of hydrogen-bond acceptors (Lipinski definition) is 6. The Balaban J connectivity index is -0.00000288. The molecule has 0 saturated carbocycles. The second-order valence-corrected chi connectivity index (χ2v) is 5.82. The third kappa shape index (κ3) is 21.2. The van der Waals surface area contributed by atoms with E-state index in [2.05, 4.69) is 29.4 Å². The van der Waals surface area contributed by atoms with E-state index < -0.39 is 12.2 Å². The molecule has 8 nitrogen and oxygen atoms in total. The van der Waals surface area contributed by atoms with Gasteiger partial charge in [0.2, 0.25) is 0 Å². The van der Waals surface area contributed by atoms with Crippen LogP contribution in [0.15, 0.2) is 0 Å². The van der Waals surface area contributed by atoms with E-state index in [1.165, 1.54) is 0 Å². The maximum Gasteiger partial charge on any atom is 0.407 e. The smallest absolute Gasteiger partial charge is 0.407 e. The van der Waals surface area contributed by atoms with Gasteiger partial charge in [-0.05, 0) is 32.4 Å². The van der Waals surface area contributed by atoms with Crippen LogP contribution in [0.3, 0.4) is 0 Å². The van der Waals surface area contributed by atoms with Crippen LogP contribution in [0.25, 0.3) is 0 Å². The number of carbonyl (C=O) groups excluding carboxylic acids is 2. The van der Waals surface area contributed by atoms with Gasteiger partial charge in [-0.3, -0.25) is 4.90 Å². The van der Waals surface area contributed by atoms with Crippen LogP contribution in [0.4, 0.5) is 9.59 Å². The Bertz CT molecular complexity index is 325. The fourth-order valence-electron chi connectivity index (χ4n) is 2.02. The average Bonchev–Trinajstić information content (AvgIpc) is 2.59. The van der Waals surface area contributed by atoms with E-state index in [1.54, 1.807) is 0 Å². The standard InChI is InChI=1S/C17H36N4O4.2ClH/c1-3-5-9-19-16(22)24-14-12-21(11-7-8-18)13-15-25-17(23)20-10-6-4-2;;/h3-15,18H2,1-2H3,(H,19,22)(H,20,23);2*1H. The van der Waals surface area contributed by atoms with Crippen molar-refractivity contribution in [1.29, 1.82) is 0 Å². The third-order valence-corrected chi connectivity index (χ3v) is 3.56. The summed E-state index contributed by atoms with van der Waals surface area (Å²) in [6, 6.07) is 0. The molecule has 0 rings (SSSR count). The van der Waals surface area contributed by atoms with Crippen LogP contribution >= 0.6 is 24.8 Å². The Morgan fingerprint density at radius 3 is 1.63 bits per heavy atom. The minimum atomic E-state index is -0.390. The molecule has 4 N–H and O–H groups in total. The van der Waals surface area contributed by atoms with Gasteiger partial charge in [0.15, 0.2) is 0 Å². The van der Waals surface area contributed by atoms with Gasteiger partial charge in [-0.1, -0.05) is 26.7 Å². The lowest BCUT2D eigenvalue weighted by Gasteiger charge is -2.21. The minimum Gasteiger partial charge on any atom is -0.448 e. The molecular weight excluding hydrogens is 395 g/mol. The van der Waals surface area contributed by atoms with Crippen LogP contribution in [-0.2, 0) is 9.47 Å². The Kier molecular flexibility index (Phi) is 26.3. The SMILES string of the molecule is CCCCNC(=O)OCCN(CCCN)CCOC(=O)NCCCC.Cl.Cl. The molecule has 0 aliphatic carbocycles. The number of unbranched alkanes of at least 4 members (excludes halogenated alkanes) is 2. The first-order valence-corrected chi connectivity index (χ1v) is 9.37. The fraction of sp³-hybridized carbons (Fsp3) is 0.882. The van der Waals surface area contributed by atoms with Crippen molar-refractivity contribution in [2.45, 2.75) is 46.0 Å². The van der Waals surface area contributed by atoms with Gasteiger partial charge in [0.25, 0.3) is 0 Å². The Labute approximate surface area is 176 Å². The van der Waals surface area contributed by atoms with Crippen LogP contribution in [0.1, 0.15) is 46.0 Å². The van der Waals surface area contributed by atoms with Crippen LogP contribution in [-0.4, -0.2) is 69.6 Å². The van der Waals surface area contributed by atoms with Gasteiger partial charge in [0.1, 0.15) is 13.2 Å². The Morgan fingerprint density at radius 1 is 0.815 bits per heavy atom. The zero-order chi connectivity index (χ0) is 18.8. The molecule has 0 heterocycles. The second kappa shape index (κ2) is 23.1. The molecule has 0 fully saturated rings. The Morgan fingerprint density at radius 2 is 1.26 bits per heavy atom. The number of nitrogens with zero attached hydrogens (tertiary/aromatic N) is 1. The molecule has 0 aromatic rings. The molecule has 27 heavy (non-hydrogen) atoms. The molecule has 2 amide bonds. The molecule has 0 atom stereocenters. The highest BCUT2D eigenvalue weighted by molar-refractivity contribution is 5.85. The largest absolute Gasteiger partial charge is 0.448 e. The van der Waals surface area contributed by atoms with Crippen molar-refractivity contribution in [3.63, 3.8) is 0 Å². The molecule has 0 aromatic carbocycles. The average molecular weight is 433 g/mol. The molecule has 164 valence electrons. The summed E-state index contributed by atoms with van der Waals surface area (Å²) in [5, 5.41) is 5.41. The number of halogens is 2. The molecular formula is C17H38Cl2N4O4. The third-order valence-electron chi connectivity index (χ3n) is 3.56. The second-order valence-electron chi connectivity index (χ2n) is 5.82. The van der Waals surface area contributed by atoms with Crippen LogP contribution in [0, 0.1) is 0 Å². The molecule has 0 radical (unpaired) electrons. The first-order valence-electron chi connectivity index (χ1n) is 9.37. The van der Waals surface area contributed by atoms with Crippen LogP contribution in [0.2, 0.25) is 0 Å². The number of ether oxygens (including phenoxy) is 2. The summed E-state index contributed by atoms with van der Waals surface area (Å²) in [4.78, 5) is 25.1. The number of hydrogen-bond donors (Lipinski definition) is 3. The van der Waals surface area contributed by atoms with E-state index in [1.807, 2.05) is 0 Å². The lowest BCUT2D eigenvalue weighted by Crippen LogP contribution is -2.36. The van der Waals surface area contributed by atoms with Gasteiger partial charge in [0.05, 0.1) is 0 Å². The first-order chi connectivity index (χ1) is 12.1. The molecule has 0 aliphatic heterocycles. The highest BCUT2D eigenvalue weighted by atomic mass is 35.5. The molecule has 0 aliphatic rings. The van der Waals surface area contributed by atoms with E-state index in [4.69, 9.17) is 15.2 Å². The van der Waals surface area contributed by atoms with Crippen molar-refractivity contribution >= 4 is 37.0 Å². The summed E-state index contributed by atoms with van der Waals surface area (Å²) >= 11 is 0. The Hall–Kier alpha value is -0.960. The number of alkyl carbamates (subject to hydrolysis) is 2. The van der Waals surface area contributed by atoms with Gasteiger partial charge >= 0.3 is 12.2 Å². The van der Waals surface area contributed by atoms with Gasteiger partial charge in [-0.2, -0.15) is 0 Å². The fourth-order valence-corrected chi connectivity index (χ4v) is 2.02. The zero-order valence-corrected chi connectivity index (χ0v) is 18.3. The van der Waals surface area contributed by atoms with Gasteiger partial charge in [-0.15, -0.1) is 24.8 Å². The van der Waals surface area contributed by atoms with Crippen LogP contribution in [0.5, 0.6) is 0 Å². The van der Waals surface area contributed by atoms with Crippen molar-refractivity contribution < 1.29 is 19.1 Å². The predicted molar refractivity (Wildman–Crippen MR) is 113 cm³/mol. The highest BCUT2D eigenvalue weighted by Gasteiger charge is 2.08. The van der Waals surface area contributed by atoms with Crippen molar-refractivity contribution in [2.75, 3.05) is 52.5 Å². The maximum atomic E-state index is 11.5. The molecule has 0 aromatic heterocycles. The lowest BCUT2D eigenvalue weighted by atomic mass is 10.3. The quantitative estimate of drug-likeness (QED) is 0.343. The maximum absolute atomic E-state index is 11.5. The number of carbonyl (C=O) groups is 2. The minimum absolute atomic E-state index is 0. The summed E-state index contributed by atoms with van der Waals surface area (Å²) in [5.74, 6) is 0. The first kappa shape index (κ1) is 30.8. The number of nitrogens with one attached hydrogen (secondary N) is 2. The summed E-state index contributed by atoms with van der Waals surface area (Å²) in [6.07, 6.45) is 3.99. The van der Waals surface area contributed by atoms with Crippen molar-refractivity contribution in [2.24, 2.45) is 5.73 Å². The van der Waals surface area contributed by atoms with Gasteiger partial charge < -0.3 is 25.8 Å². The van der Waals surface area contributed by atoms with E-state index in [-0.39, 0.29) is 24.8 Å². The van der Waals surface area contributed by atoms with E-state index >= 15 is 0 Å². The molecule has 0 spiro atoms. The molecule has 10 heteroatoms. The van der Waals surface area contributed by atoms with E-state index in [0.29, 0.717) is 45.9 Å². The number of amides is 2. The topological polar surface area (TPSA) is 106 Å². The van der Waals surface area contributed by atoms with Gasteiger partial charge in [-0.25, -0.2) is 9.59 Å². The highest BCUT2D eigenvalue weighted by Crippen LogP contribution is 1.94. The lowest BCUT2D eigenvalue weighted by molar-refractivity contribution is 0.106. The summed E-state index contributed by atoms with van der Waals surface area (Å²) in [6.45, 7) is 8.52. The number of rotatable bonds is 15. The zero-order valence-electron chi connectivity index (χ0n) is 16.7. The van der Waals surface area contributed by atoms with Crippen molar-refractivity contribution in [3.8, 4) is 0 Å². The molecule has 0 bridgehead atoms. The van der Waals surface area contributed by atoms with E-state index in [9.17, 15) is 9.59 Å². The normalized spacial score (nSPS) is 9.78. The summed E-state index contributed by atoms with van der Waals surface area (Å²) in [5.41, 5.74) is 5.55. The van der Waals surface area contributed by atoms with Crippen LogP contribution < -0.4 is 16.4 Å². The molecule has 0 saturated heterocycles. The van der Waals surface area contributed by atoms with Crippen molar-refractivity contribution in [1.82, 2.24) is 15.5 Å². The van der Waals surface area contributed by atoms with Gasteiger partial charge in [0, 0.05) is 26.2 Å². The molecule has 0 unspecified atom stereocenters.